The number of allylic oxidation sites excluding steroid dienone is 4. The Morgan fingerprint density at radius 2 is 0.983 bits per heavy atom. The molecule has 6 nitrogen and oxygen atoms in total. The van der Waals surface area contributed by atoms with E-state index in [-0.39, 0.29) is 32.9 Å². The molecular weight excluding hydrogens is 717 g/mol. The second kappa shape index (κ2) is 14.9. The number of fused-ring (bicyclic) bond motifs is 8. The molecule has 4 heterocycles. The Hall–Kier alpha value is -4.06. The summed E-state index contributed by atoms with van der Waals surface area (Å²) < 4.78 is 15.3. The fraction of sp³-hybridized carbons (Fsp3) is 0.577. The summed E-state index contributed by atoms with van der Waals surface area (Å²) in [7, 11) is 0. The molecular formula is C52H72N2O4+2. The highest BCUT2D eigenvalue weighted by Crippen LogP contribution is 2.56. The van der Waals surface area contributed by atoms with E-state index < -0.39 is 0 Å². The average Bonchev–Trinajstić information content (AvgIpc) is 3.53. The molecule has 0 radical (unpaired) electrons. The zero-order chi connectivity index (χ0) is 42.1. The summed E-state index contributed by atoms with van der Waals surface area (Å²) in [5.41, 5.74) is 10.2. The van der Waals surface area contributed by atoms with Crippen molar-refractivity contribution in [1.82, 2.24) is 0 Å². The van der Waals surface area contributed by atoms with Crippen LogP contribution in [0.1, 0.15) is 182 Å². The minimum Gasteiger partial charge on any atom is -0.483 e. The molecule has 0 bridgehead atoms. The molecule has 2 aromatic rings. The highest BCUT2D eigenvalue weighted by atomic mass is 16.5. The number of hydrogen-bond acceptors (Lipinski definition) is 4. The Bertz CT molecular complexity index is 2150. The lowest BCUT2D eigenvalue weighted by atomic mass is 9.59. The first kappa shape index (κ1) is 42.1. The quantitative estimate of drug-likeness (QED) is 0.143. The SMILES string of the molecule is CC1(C)C=C2C(=[N+](O)c3cc4c(cc32)C=CC(C)(C)O4)C(C)(C)C1.CCCCCCC1(CCCCCC)CC(C)(C)C=C2C1=[N+](O)c1cc3c(cc12)C=CC(C)(C)O3. The first-order valence-corrected chi connectivity index (χ1v) is 22.4. The molecule has 58 heavy (non-hydrogen) atoms. The molecule has 0 fully saturated rings. The first-order chi connectivity index (χ1) is 27.1. The van der Waals surface area contributed by atoms with E-state index in [0.717, 1.165) is 87.8 Å². The number of ether oxygens (including phenoxy) is 2. The molecule has 6 aliphatic rings. The highest BCUT2D eigenvalue weighted by molar-refractivity contribution is 6.28. The van der Waals surface area contributed by atoms with Gasteiger partial charge in [0.05, 0.1) is 45.2 Å². The average molecular weight is 789 g/mol. The summed E-state index contributed by atoms with van der Waals surface area (Å²) >= 11 is 0. The largest absolute Gasteiger partial charge is 0.483 e. The molecule has 0 saturated carbocycles. The summed E-state index contributed by atoms with van der Waals surface area (Å²) in [6.07, 6.45) is 27.8. The molecule has 0 amide bonds. The second-order valence-corrected chi connectivity index (χ2v) is 21.4. The third kappa shape index (κ3) is 7.98. The van der Waals surface area contributed by atoms with Gasteiger partial charge < -0.3 is 9.47 Å². The molecule has 2 N–H and O–H groups in total. The van der Waals surface area contributed by atoms with Crippen LogP contribution in [0.2, 0.25) is 0 Å². The van der Waals surface area contributed by atoms with E-state index >= 15 is 0 Å². The zero-order valence-corrected chi connectivity index (χ0v) is 37.9. The second-order valence-electron chi connectivity index (χ2n) is 21.4. The van der Waals surface area contributed by atoms with Crippen LogP contribution in [0.3, 0.4) is 0 Å². The van der Waals surface area contributed by atoms with Crippen LogP contribution in [-0.2, 0) is 0 Å². The van der Waals surface area contributed by atoms with Gasteiger partial charge in [-0.15, -0.1) is 0 Å². The Morgan fingerprint density at radius 3 is 1.45 bits per heavy atom. The van der Waals surface area contributed by atoms with Crippen molar-refractivity contribution >= 4 is 46.1 Å². The molecule has 2 aliphatic carbocycles. The molecule has 0 saturated heterocycles. The number of rotatable bonds is 10. The van der Waals surface area contributed by atoms with E-state index in [1.807, 2.05) is 19.9 Å². The number of nitrogens with zero attached hydrogens (tertiary/aromatic N) is 2. The van der Waals surface area contributed by atoms with Gasteiger partial charge in [-0.05, 0) is 102 Å². The van der Waals surface area contributed by atoms with Crippen molar-refractivity contribution in [3.05, 3.63) is 70.8 Å². The van der Waals surface area contributed by atoms with Crippen LogP contribution in [0, 0.1) is 21.7 Å². The third-order valence-corrected chi connectivity index (χ3v) is 13.2. The lowest BCUT2D eigenvalue weighted by Crippen LogP contribution is -2.42. The molecule has 0 unspecified atom stereocenters. The first-order valence-electron chi connectivity index (χ1n) is 22.4. The number of hydrogen-bond donors (Lipinski definition) is 2. The van der Waals surface area contributed by atoms with Gasteiger partial charge in [0.2, 0.25) is 11.4 Å². The normalized spacial score (nSPS) is 22.5. The molecule has 0 spiro atoms. The molecule has 6 heteroatoms. The van der Waals surface area contributed by atoms with Crippen molar-refractivity contribution in [2.45, 2.75) is 171 Å². The van der Waals surface area contributed by atoms with Gasteiger partial charge in [0.25, 0.3) is 11.4 Å². The van der Waals surface area contributed by atoms with Crippen LogP contribution in [0.4, 0.5) is 11.4 Å². The van der Waals surface area contributed by atoms with E-state index in [0.29, 0.717) is 0 Å². The minimum absolute atomic E-state index is 0.0132. The van der Waals surface area contributed by atoms with Gasteiger partial charge in [0, 0.05) is 20.6 Å². The molecule has 8 rings (SSSR count). The maximum atomic E-state index is 11.7. The van der Waals surface area contributed by atoms with Gasteiger partial charge in [-0.3, -0.25) is 10.4 Å². The van der Waals surface area contributed by atoms with E-state index in [1.54, 1.807) is 4.74 Å². The summed E-state index contributed by atoms with van der Waals surface area (Å²) in [4.78, 5) is 0. The maximum Gasteiger partial charge on any atom is 0.269 e. The molecule has 0 atom stereocenters. The van der Waals surface area contributed by atoms with E-state index in [4.69, 9.17) is 9.47 Å². The lowest BCUT2D eigenvalue weighted by Gasteiger charge is -2.41. The van der Waals surface area contributed by atoms with Crippen LogP contribution in [0.5, 0.6) is 11.5 Å². The predicted molar refractivity (Wildman–Crippen MR) is 240 cm³/mol. The zero-order valence-electron chi connectivity index (χ0n) is 37.9. The van der Waals surface area contributed by atoms with Crippen LogP contribution in [0.15, 0.2) is 48.6 Å². The number of benzene rings is 2. The third-order valence-electron chi connectivity index (χ3n) is 13.2. The van der Waals surface area contributed by atoms with Crippen molar-refractivity contribution in [1.29, 1.82) is 0 Å². The van der Waals surface area contributed by atoms with Gasteiger partial charge in [-0.1, -0.05) is 117 Å². The lowest BCUT2D eigenvalue weighted by molar-refractivity contribution is -0.712. The van der Waals surface area contributed by atoms with Crippen molar-refractivity contribution < 1.29 is 29.4 Å². The van der Waals surface area contributed by atoms with Crippen LogP contribution in [0.25, 0.3) is 23.3 Å². The fourth-order valence-corrected chi connectivity index (χ4v) is 11.2. The van der Waals surface area contributed by atoms with Crippen molar-refractivity contribution in [2.24, 2.45) is 21.7 Å². The Labute approximate surface area is 349 Å². The summed E-state index contributed by atoms with van der Waals surface area (Å²) in [6.45, 7) is 26.5. The van der Waals surface area contributed by atoms with Gasteiger partial charge in [0.15, 0.2) is 0 Å². The van der Waals surface area contributed by atoms with E-state index in [2.05, 4.69) is 124 Å². The Balaban J connectivity index is 0.000000187. The van der Waals surface area contributed by atoms with Crippen LogP contribution < -0.4 is 9.47 Å². The molecule has 312 valence electrons. The topological polar surface area (TPSA) is 64.9 Å². The summed E-state index contributed by atoms with van der Waals surface area (Å²) in [6, 6.07) is 8.42. The standard InChI is InChI=1S/C31H46NO2.C21H26NO2/c1-7-9-11-13-16-31(17-14-12-10-8-2)22-29(3,4)21-25-24-19-23-15-18-30(5,6)34-27(23)20-26(24)32(33)28(25)31;1-19(2)11-15-14-9-13-7-8-21(5,6)24-17(13)10-16(14)22(23)18(15)20(3,4)12-19/h15,18-21,33H,7-14,16-17,22H2,1-6H3;7-11,23H,12H2,1-6H3/q2*+1. The predicted octanol–water partition coefficient (Wildman–Crippen LogP) is 14.3. The fourth-order valence-electron chi connectivity index (χ4n) is 11.2. The molecule has 0 aromatic heterocycles. The van der Waals surface area contributed by atoms with Crippen LogP contribution >= 0.6 is 0 Å². The number of unbranched alkanes of at least 4 members (excludes halogenated alkanes) is 6. The van der Waals surface area contributed by atoms with Gasteiger partial charge in [-0.2, -0.15) is 0 Å². The Morgan fingerprint density at radius 1 is 0.552 bits per heavy atom. The smallest absolute Gasteiger partial charge is 0.269 e. The van der Waals surface area contributed by atoms with Crippen molar-refractivity contribution in [2.75, 3.05) is 0 Å². The summed E-state index contributed by atoms with van der Waals surface area (Å²) in [5.74, 6) is 1.69. The molecule has 2 aromatic carbocycles. The van der Waals surface area contributed by atoms with Crippen molar-refractivity contribution in [3.8, 4) is 11.5 Å². The summed E-state index contributed by atoms with van der Waals surface area (Å²) in [5, 5.41) is 22.6. The van der Waals surface area contributed by atoms with Gasteiger partial charge in [-0.25, -0.2) is 0 Å². The van der Waals surface area contributed by atoms with Crippen molar-refractivity contribution in [3.63, 3.8) is 0 Å². The monoisotopic (exact) mass is 789 g/mol. The highest BCUT2D eigenvalue weighted by Gasteiger charge is 2.55. The maximum absolute atomic E-state index is 11.7. The molecule has 4 aliphatic heterocycles. The van der Waals surface area contributed by atoms with Crippen LogP contribution in [-0.4, -0.2) is 42.5 Å². The minimum atomic E-state index is -0.330. The van der Waals surface area contributed by atoms with E-state index in [9.17, 15) is 10.4 Å². The van der Waals surface area contributed by atoms with Gasteiger partial charge >= 0.3 is 0 Å². The Kier molecular flexibility index (Phi) is 10.8. The van der Waals surface area contributed by atoms with E-state index in [1.165, 1.54) is 61.7 Å². The van der Waals surface area contributed by atoms with Gasteiger partial charge in [0.1, 0.15) is 22.7 Å².